The van der Waals surface area contributed by atoms with E-state index in [9.17, 15) is 13.2 Å². The molecule has 0 saturated carbocycles. The van der Waals surface area contributed by atoms with E-state index in [0.29, 0.717) is 11.3 Å². The van der Waals surface area contributed by atoms with Crippen LogP contribution in [0.1, 0.15) is 5.56 Å². The fourth-order valence-corrected chi connectivity index (χ4v) is 2.00. The molecule has 1 heterocycles. The highest BCUT2D eigenvalue weighted by molar-refractivity contribution is 7.07. The third-order valence-electron chi connectivity index (χ3n) is 2.24. The number of hydrogen-bond acceptors (Lipinski definition) is 3. The summed E-state index contributed by atoms with van der Waals surface area (Å²) < 4.78 is 42.6. The second-order valence-electron chi connectivity index (χ2n) is 3.29. The van der Waals surface area contributed by atoms with Crippen LogP contribution in [-0.2, 0) is 6.18 Å². The van der Waals surface area contributed by atoms with Crippen molar-refractivity contribution in [1.82, 2.24) is 4.98 Å². The molecule has 0 unspecified atom stereocenters. The average molecular weight is 259 g/mol. The Morgan fingerprint density at radius 3 is 2.59 bits per heavy atom. The zero-order valence-electron chi connectivity index (χ0n) is 8.78. The first-order valence-corrected chi connectivity index (χ1v) is 5.60. The van der Waals surface area contributed by atoms with Crippen LogP contribution in [0.5, 0.6) is 5.75 Å². The minimum atomic E-state index is -4.41. The molecule has 0 bridgehead atoms. The van der Waals surface area contributed by atoms with Gasteiger partial charge in [-0.15, -0.1) is 11.3 Å². The second-order valence-corrected chi connectivity index (χ2v) is 4.01. The van der Waals surface area contributed by atoms with E-state index in [-0.39, 0.29) is 5.75 Å². The van der Waals surface area contributed by atoms with Crippen molar-refractivity contribution in [2.75, 3.05) is 7.11 Å². The minimum absolute atomic E-state index is 0.192. The van der Waals surface area contributed by atoms with Gasteiger partial charge in [0.15, 0.2) is 0 Å². The van der Waals surface area contributed by atoms with Crippen LogP contribution in [0.2, 0.25) is 0 Å². The highest BCUT2D eigenvalue weighted by atomic mass is 32.1. The first kappa shape index (κ1) is 11.9. The lowest BCUT2D eigenvalue weighted by Gasteiger charge is -2.12. The standard InChI is InChI=1S/C11H8F3NOS/c1-16-10-4-7(9-5-17-6-15-9)2-3-8(10)11(12,13)14/h2-6H,1H3. The molecule has 0 aliphatic heterocycles. The Labute approximate surface area is 99.7 Å². The monoisotopic (exact) mass is 259 g/mol. The van der Waals surface area contributed by atoms with Crippen LogP contribution in [0.25, 0.3) is 11.3 Å². The Morgan fingerprint density at radius 1 is 1.29 bits per heavy atom. The maximum Gasteiger partial charge on any atom is 0.419 e. The van der Waals surface area contributed by atoms with Gasteiger partial charge in [0, 0.05) is 10.9 Å². The highest BCUT2D eigenvalue weighted by Gasteiger charge is 2.34. The number of methoxy groups -OCH3 is 1. The van der Waals surface area contributed by atoms with Gasteiger partial charge in [-0.25, -0.2) is 4.98 Å². The number of halogens is 3. The van der Waals surface area contributed by atoms with E-state index in [4.69, 9.17) is 4.74 Å². The summed E-state index contributed by atoms with van der Waals surface area (Å²) in [4.78, 5) is 4.04. The van der Waals surface area contributed by atoms with Crippen molar-refractivity contribution < 1.29 is 17.9 Å². The molecule has 0 aliphatic rings. The van der Waals surface area contributed by atoms with Crippen LogP contribution >= 0.6 is 11.3 Å². The number of rotatable bonds is 2. The Bertz CT molecular complexity index is 508. The van der Waals surface area contributed by atoms with Crippen molar-refractivity contribution in [1.29, 1.82) is 0 Å². The fourth-order valence-electron chi connectivity index (χ4n) is 1.44. The van der Waals surface area contributed by atoms with Crippen molar-refractivity contribution in [2.24, 2.45) is 0 Å². The van der Waals surface area contributed by atoms with Gasteiger partial charge in [0.25, 0.3) is 0 Å². The van der Waals surface area contributed by atoms with Gasteiger partial charge in [-0.2, -0.15) is 13.2 Å². The number of nitrogens with zero attached hydrogens (tertiary/aromatic N) is 1. The van der Waals surface area contributed by atoms with E-state index in [2.05, 4.69) is 4.98 Å². The topological polar surface area (TPSA) is 22.1 Å². The molecule has 0 spiro atoms. The minimum Gasteiger partial charge on any atom is -0.496 e. The van der Waals surface area contributed by atoms with Gasteiger partial charge in [0.1, 0.15) is 5.75 Å². The van der Waals surface area contributed by atoms with Crippen molar-refractivity contribution >= 4 is 11.3 Å². The van der Waals surface area contributed by atoms with Gasteiger partial charge in [0.2, 0.25) is 0 Å². The summed E-state index contributed by atoms with van der Waals surface area (Å²) in [5.41, 5.74) is 2.09. The molecule has 0 fully saturated rings. The fraction of sp³-hybridized carbons (Fsp3) is 0.182. The summed E-state index contributed by atoms with van der Waals surface area (Å²) in [6.07, 6.45) is -4.41. The third-order valence-corrected chi connectivity index (χ3v) is 2.82. The molecule has 6 heteroatoms. The summed E-state index contributed by atoms with van der Waals surface area (Å²) in [6, 6.07) is 3.74. The quantitative estimate of drug-likeness (QED) is 0.817. The maximum absolute atomic E-state index is 12.6. The summed E-state index contributed by atoms with van der Waals surface area (Å²) in [7, 11) is 1.22. The van der Waals surface area contributed by atoms with Gasteiger partial charge in [-0.1, -0.05) is 6.07 Å². The van der Waals surface area contributed by atoms with Crippen molar-refractivity contribution in [2.45, 2.75) is 6.18 Å². The lowest BCUT2D eigenvalue weighted by Crippen LogP contribution is -2.07. The first-order chi connectivity index (χ1) is 8.02. The van der Waals surface area contributed by atoms with E-state index in [1.54, 1.807) is 10.9 Å². The lowest BCUT2D eigenvalue weighted by molar-refractivity contribution is -0.138. The van der Waals surface area contributed by atoms with Gasteiger partial charge >= 0.3 is 6.18 Å². The number of benzene rings is 1. The molecular formula is C11H8F3NOS. The molecule has 1 aromatic carbocycles. The molecular weight excluding hydrogens is 251 g/mol. The molecule has 0 radical (unpaired) electrons. The van der Waals surface area contributed by atoms with E-state index < -0.39 is 11.7 Å². The largest absolute Gasteiger partial charge is 0.496 e. The van der Waals surface area contributed by atoms with E-state index >= 15 is 0 Å². The molecule has 0 atom stereocenters. The number of alkyl halides is 3. The van der Waals surface area contributed by atoms with Crippen molar-refractivity contribution in [3.63, 3.8) is 0 Å². The van der Waals surface area contributed by atoms with E-state index in [1.807, 2.05) is 0 Å². The molecule has 2 rings (SSSR count). The summed E-state index contributed by atoms with van der Waals surface area (Å²) in [5, 5.41) is 1.77. The number of aromatic nitrogens is 1. The molecule has 0 aliphatic carbocycles. The molecule has 2 nitrogen and oxygen atoms in total. The Morgan fingerprint density at radius 2 is 2.06 bits per heavy atom. The van der Waals surface area contributed by atoms with Crippen molar-refractivity contribution in [3.8, 4) is 17.0 Å². The number of thiazole rings is 1. The molecule has 17 heavy (non-hydrogen) atoms. The predicted octanol–water partition coefficient (Wildman–Crippen LogP) is 3.84. The van der Waals surface area contributed by atoms with Gasteiger partial charge in [0.05, 0.1) is 23.9 Å². The van der Waals surface area contributed by atoms with Crippen LogP contribution in [0.15, 0.2) is 29.1 Å². The van der Waals surface area contributed by atoms with Crippen LogP contribution in [0.4, 0.5) is 13.2 Å². The number of hydrogen-bond donors (Lipinski definition) is 0. The molecule has 0 N–H and O–H groups in total. The summed E-state index contributed by atoms with van der Waals surface area (Å²) >= 11 is 1.38. The molecule has 0 saturated heterocycles. The summed E-state index contributed by atoms with van der Waals surface area (Å²) in [6.45, 7) is 0. The van der Waals surface area contributed by atoms with Crippen LogP contribution in [0, 0.1) is 0 Å². The van der Waals surface area contributed by atoms with Gasteiger partial charge < -0.3 is 4.74 Å². The number of ether oxygens (including phenoxy) is 1. The smallest absolute Gasteiger partial charge is 0.419 e. The molecule has 90 valence electrons. The van der Waals surface area contributed by atoms with Gasteiger partial charge in [-0.3, -0.25) is 0 Å². The second kappa shape index (κ2) is 4.37. The van der Waals surface area contributed by atoms with E-state index in [0.717, 1.165) is 6.07 Å². The SMILES string of the molecule is COc1cc(-c2cscn2)ccc1C(F)(F)F. The molecule has 2 aromatic rings. The normalized spacial score (nSPS) is 11.5. The van der Waals surface area contributed by atoms with Crippen LogP contribution in [0.3, 0.4) is 0 Å². The van der Waals surface area contributed by atoms with Crippen LogP contribution < -0.4 is 4.74 Å². The predicted molar refractivity (Wildman–Crippen MR) is 59.1 cm³/mol. The zero-order valence-corrected chi connectivity index (χ0v) is 9.60. The lowest BCUT2D eigenvalue weighted by atomic mass is 10.1. The zero-order chi connectivity index (χ0) is 12.5. The van der Waals surface area contributed by atoms with Crippen molar-refractivity contribution in [3.05, 3.63) is 34.7 Å². The third kappa shape index (κ3) is 2.41. The molecule has 0 amide bonds. The maximum atomic E-state index is 12.6. The average Bonchev–Trinajstić information content (AvgIpc) is 2.80. The first-order valence-electron chi connectivity index (χ1n) is 4.66. The molecule has 1 aromatic heterocycles. The van der Waals surface area contributed by atoms with E-state index in [1.165, 1.54) is 30.6 Å². The summed E-state index contributed by atoms with van der Waals surface area (Å²) in [5.74, 6) is -0.192. The Balaban J connectivity index is 2.49. The van der Waals surface area contributed by atoms with Crippen LogP contribution in [-0.4, -0.2) is 12.1 Å². The Hall–Kier alpha value is -1.56. The van der Waals surface area contributed by atoms with Gasteiger partial charge in [-0.05, 0) is 12.1 Å². The highest BCUT2D eigenvalue weighted by Crippen LogP contribution is 2.38. The Kier molecular flexibility index (Phi) is 3.06.